The Hall–Kier alpha value is -1.06. The summed E-state index contributed by atoms with van der Waals surface area (Å²) in [7, 11) is 0. The molecule has 0 spiro atoms. The summed E-state index contributed by atoms with van der Waals surface area (Å²) < 4.78 is 0. The Balaban J connectivity index is 2.76. The van der Waals surface area contributed by atoms with Crippen molar-refractivity contribution in [1.82, 2.24) is 4.90 Å². The van der Waals surface area contributed by atoms with E-state index in [1.54, 1.807) is 13.8 Å². The third kappa shape index (κ3) is 2.99. The molecule has 0 aliphatic carbocycles. The lowest BCUT2D eigenvalue weighted by molar-refractivity contribution is -0.152. The minimum Gasteiger partial charge on any atom is -0.481 e. The largest absolute Gasteiger partial charge is 0.481 e. The lowest BCUT2D eigenvalue weighted by atomic mass is 9.90. The van der Waals surface area contributed by atoms with Crippen LogP contribution in [-0.2, 0) is 9.59 Å². The average Bonchev–Trinajstić information content (AvgIpc) is 2.26. The zero-order valence-corrected chi connectivity index (χ0v) is 11.1. The third-order valence-electron chi connectivity index (χ3n) is 3.98. The fourth-order valence-corrected chi connectivity index (χ4v) is 2.52. The third-order valence-corrected chi connectivity index (χ3v) is 3.98. The van der Waals surface area contributed by atoms with E-state index in [1.807, 2.05) is 18.7 Å². The van der Waals surface area contributed by atoms with E-state index in [1.165, 1.54) is 0 Å². The summed E-state index contributed by atoms with van der Waals surface area (Å²) >= 11 is 0. The topological polar surface area (TPSA) is 57.6 Å². The number of carbonyl (C=O) groups excluding carboxylic acids is 1. The van der Waals surface area contributed by atoms with Crippen LogP contribution < -0.4 is 0 Å². The van der Waals surface area contributed by atoms with Crippen LogP contribution in [0.1, 0.15) is 47.0 Å². The molecule has 1 heterocycles. The van der Waals surface area contributed by atoms with Gasteiger partial charge in [-0.2, -0.15) is 0 Å². The Kier molecular flexibility index (Phi) is 4.54. The lowest BCUT2D eigenvalue weighted by Crippen LogP contribution is -2.50. The maximum absolute atomic E-state index is 12.3. The first kappa shape index (κ1) is 14.0. The molecule has 0 saturated carbocycles. The highest BCUT2D eigenvalue weighted by molar-refractivity contribution is 5.84. The van der Waals surface area contributed by atoms with E-state index in [0.717, 1.165) is 19.3 Å². The van der Waals surface area contributed by atoms with Gasteiger partial charge in [0.15, 0.2) is 0 Å². The van der Waals surface area contributed by atoms with Crippen LogP contribution >= 0.6 is 0 Å². The highest BCUT2D eigenvalue weighted by Crippen LogP contribution is 2.26. The molecule has 0 aromatic heterocycles. The number of hydrogen-bond acceptors (Lipinski definition) is 2. The molecule has 4 atom stereocenters. The molecule has 98 valence electrons. The molecular formula is C13H23NO3. The summed E-state index contributed by atoms with van der Waals surface area (Å²) in [5.74, 6) is -1.98. The predicted molar refractivity (Wildman–Crippen MR) is 65.6 cm³/mol. The predicted octanol–water partition coefficient (Wildman–Crippen LogP) is 2.13. The second kappa shape index (κ2) is 5.52. The van der Waals surface area contributed by atoms with Crippen molar-refractivity contribution in [2.45, 2.75) is 59.0 Å². The van der Waals surface area contributed by atoms with Gasteiger partial charge < -0.3 is 10.0 Å². The number of carbonyl (C=O) groups is 2. The Morgan fingerprint density at radius 2 is 1.59 bits per heavy atom. The van der Waals surface area contributed by atoms with Gasteiger partial charge in [-0.25, -0.2) is 0 Å². The van der Waals surface area contributed by atoms with Gasteiger partial charge in [-0.05, 0) is 33.1 Å². The first-order valence-corrected chi connectivity index (χ1v) is 6.41. The number of rotatable bonds is 3. The van der Waals surface area contributed by atoms with E-state index in [2.05, 4.69) is 0 Å². The van der Waals surface area contributed by atoms with Crippen molar-refractivity contribution in [1.29, 1.82) is 0 Å². The van der Waals surface area contributed by atoms with Gasteiger partial charge in [-0.3, -0.25) is 9.59 Å². The van der Waals surface area contributed by atoms with Crippen molar-refractivity contribution >= 4 is 11.9 Å². The van der Waals surface area contributed by atoms with Gasteiger partial charge in [0.05, 0.1) is 5.92 Å². The van der Waals surface area contributed by atoms with Crippen LogP contribution in [-0.4, -0.2) is 34.0 Å². The highest BCUT2D eigenvalue weighted by atomic mass is 16.4. The van der Waals surface area contributed by atoms with Gasteiger partial charge in [-0.1, -0.05) is 13.8 Å². The smallest absolute Gasteiger partial charge is 0.307 e. The summed E-state index contributed by atoms with van der Waals surface area (Å²) in [6, 6.07) is 0.462. The van der Waals surface area contributed by atoms with Crippen molar-refractivity contribution in [3.05, 3.63) is 0 Å². The average molecular weight is 241 g/mol. The minimum atomic E-state index is -0.900. The summed E-state index contributed by atoms with van der Waals surface area (Å²) in [5, 5.41) is 8.96. The molecule has 1 N–H and O–H groups in total. The molecule has 4 nitrogen and oxygen atoms in total. The summed E-state index contributed by atoms with van der Waals surface area (Å²) in [5.41, 5.74) is 0. The Labute approximate surface area is 103 Å². The number of piperidine rings is 1. The summed E-state index contributed by atoms with van der Waals surface area (Å²) in [4.78, 5) is 25.1. The van der Waals surface area contributed by atoms with Crippen molar-refractivity contribution in [3.63, 3.8) is 0 Å². The zero-order chi connectivity index (χ0) is 13.2. The summed E-state index contributed by atoms with van der Waals surface area (Å²) in [6.07, 6.45) is 3.18. The summed E-state index contributed by atoms with van der Waals surface area (Å²) in [6.45, 7) is 7.41. The molecule has 0 radical (unpaired) electrons. The second-order valence-corrected chi connectivity index (χ2v) is 5.29. The SMILES string of the molecule is CC(C(=O)O)C(C)C(=O)N1[C@H](C)CCC[C@@H]1C. The van der Waals surface area contributed by atoms with Crippen LogP contribution in [0.25, 0.3) is 0 Å². The maximum atomic E-state index is 12.3. The van der Waals surface area contributed by atoms with Crippen LogP contribution in [0, 0.1) is 11.8 Å². The number of carboxylic acids is 1. The van der Waals surface area contributed by atoms with Crippen LogP contribution in [0.4, 0.5) is 0 Å². The number of likely N-dealkylation sites (tertiary alicyclic amines) is 1. The minimum absolute atomic E-state index is 0.0143. The molecule has 2 unspecified atom stereocenters. The second-order valence-electron chi connectivity index (χ2n) is 5.29. The van der Waals surface area contributed by atoms with E-state index in [4.69, 9.17) is 5.11 Å². The fourth-order valence-electron chi connectivity index (χ4n) is 2.52. The quantitative estimate of drug-likeness (QED) is 0.823. The van der Waals surface area contributed by atoms with E-state index >= 15 is 0 Å². The zero-order valence-electron chi connectivity index (χ0n) is 11.1. The first-order valence-electron chi connectivity index (χ1n) is 6.41. The van der Waals surface area contributed by atoms with Crippen LogP contribution in [0.5, 0.6) is 0 Å². The number of amides is 1. The molecule has 1 rings (SSSR count). The fraction of sp³-hybridized carbons (Fsp3) is 0.846. The Morgan fingerprint density at radius 3 is 2.00 bits per heavy atom. The van der Waals surface area contributed by atoms with E-state index in [9.17, 15) is 9.59 Å². The van der Waals surface area contributed by atoms with Crippen molar-refractivity contribution in [2.75, 3.05) is 0 Å². The van der Waals surface area contributed by atoms with Gasteiger partial charge in [-0.15, -0.1) is 0 Å². The van der Waals surface area contributed by atoms with Gasteiger partial charge in [0.1, 0.15) is 0 Å². The van der Waals surface area contributed by atoms with E-state index in [-0.39, 0.29) is 18.0 Å². The highest BCUT2D eigenvalue weighted by Gasteiger charge is 2.35. The molecule has 17 heavy (non-hydrogen) atoms. The lowest BCUT2D eigenvalue weighted by Gasteiger charge is -2.41. The molecule has 0 aromatic carbocycles. The normalized spacial score (nSPS) is 28.6. The van der Waals surface area contributed by atoms with Crippen molar-refractivity contribution in [3.8, 4) is 0 Å². The molecule has 1 aliphatic rings. The van der Waals surface area contributed by atoms with Crippen LogP contribution in [0.15, 0.2) is 0 Å². The molecule has 4 heteroatoms. The molecule has 1 aliphatic heterocycles. The molecule has 1 amide bonds. The molecule has 1 saturated heterocycles. The van der Waals surface area contributed by atoms with Crippen molar-refractivity contribution < 1.29 is 14.7 Å². The molecule has 1 fully saturated rings. The number of nitrogens with zero attached hydrogens (tertiary/aromatic N) is 1. The van der Waals surface area contributed by atoms with Gasteiger partial charge in [0.25, 0.3) is 0 Å². The Morgan fingerprint density at radius 1 is 1.12 bits per heavy atom. The van der Waals surface area contributed by atoms with Gasteiger partial charge in [0, 0.05) is 18.0 Å². The number of carboxylic acid groups (broad SMARTS) is 1. The van der Waals surface area contributed by atoms with Crippen molar-refractivity contribution in [2.24, 2.45) is 11.8 Å². The van der Waals surface area contributed by atoms with E-state index in [0.29, 0.717) is 0 Å². The van der Waals surface area contributed by atoms with E-state index < -0.39 is 17.8 Å². The molecular weight excluding hydrogens is 218 g/mol. The number of aliphatic carboxylic acids is 1. The van der Waals surface area contributed by atoms with Gasteiger partial charge in [0.2, 0.25) is 5.91 Å². The molecule has 0 bridgehead atoms. The monoisotopic (exact) mass is 241 g/mol. The van der Waals surface area contributed by atoms with Crippen LogP contribution in [0.2, 0.25) is 0 Å². The maximum Gasteiger partial charge on any atom is 0.307 e. The Bertz CT molecular complexity index is 293. The van der Waals surface area contributed by atoms with Gasteiger partial charge >= 0.3 is 5.97 Å². The van der Waals surface area contributed by atoms with Crippen LogP contribution in [0.3, 0.4) is 0 Å². The first-order chi connectivity index (χ1) is 7.86. The number of hydrogen-bond donors (Lipinski definition) is 1. The molecule has 0 aromatic rings. The standard InChI is InChI=1S/C13H23NO3/c1-8-6-5-7-9(2)14(8)12(15)10(3)11(4)13(16)17/h8-11H,5-7H2,1-4H3,(H,16,17)/t8-,9+,10?,11?.